The largest absolute Gasteiger partial charge is 0.478 e. The topological polar surface area (TPSA) is 196 Å². The van der Waals surface area contributed by atoms with E-state index in [1.54, 1.807) is 48.5 Å². The molecule has 2 aliphatic heterocycles. The van der Waals surface area contributed by atoms with Crippen molar-refractivity contribution in [3.8, 4) is 39.1 Å². The predicted molar refractivity (Wildman–Crippen MR) is 228 cm³/mol. The Morgan fingerprint density at radius 1 is 0.443 bits per heavy atom. The minimum Gasteiger partial charge on any atom is -0.478 e. The number of aromatic carboxylic acids is 4. The van der Waals surface area contributed by atoms with Crippen LogP contribution in [0.2, 0.25) is 0 Å². The predicted octanol–water partition coefficient (Wildman–Crippen LogP) is 9.91. The molecule has 0 amide bonds. The second-order valence-corrected chi connectivity index (χ2v) is 14.0. The molecular weight excluding hydrogens is 816 g/mol. The third-order valence-electron chi connectivity index (χ3n) is 10.3. The Hall–Kier alpha value is -8.12. The molecule has 298 valence electrons. The minimum absolute atomic E-state index is 0. The molecule has 0 atom stereocenters. The van der Waals surface area contributed by atoms with Crippen LogP contribution in [0, 0.1) is 0 Å². The van der Waals surface area contributed by atoms with E-state index in [2.05, 4.69) is 4.98 Å². The molecule has 61 heavy (non-hydrogen) atoms. The van der Waals surface area contributed by atoms with Gasteiger partial charge in [-0.15, -0.1) is 0 Å². The minimum atomic E-state index is -1.12. The van der Waals surface area contributed by atoms with Crippen LogP contribution in [0.3, 0.4) is 0 Å². The third-order valence-corrected chi connectivity index (χ3v) is 10.3. The van der Waals surface area contributed by atoms with Gasteiger partial charge in [-0.1, -0.05) is 36.4 Å². The quantitative estimate of drug-likeness (QED) is 0.0919. The van der Waals surface area contributed by atoms with Crippen molar-refractivity contribution in [2.45, 2.75) is 0 Å². The summed E-state index contributed by atoms with van der Waals surface area (Å²) in [7, 11) is 0. The fourth-order valence-electron chi connectivity index (χ4n) is 7.51. The number of nitrogens with one attached hydrogen (secondary N) is 1. The van der Waals surface area contributed by atoms with Gasteiger partial charge in [-0.05, 0) is 132 Å². The summed E-state index contributed by atoms with van der Waals surface area (Å²) in [6, 6.07) is 35.1. The van der Waals surface area contributed by atoms with E-state index in [0.717, 1.165) is 11.0 Å². The number of aromatic nitrogens is 4. The maximum absolute atomic E-state index is 12.1. The number of carboxylic acids is 4. The van der Waals surface area contributed by atoms with Crippen molar-refractivity contribution < 1.29 is 56.7 Å². The van der Waals surface area contributed by atoms with Crippen molar-refractivity contribution in [1.82, 2.24) is 19.5 Å². The van der Waals surface area contributed by atoms with Crippen LogP contribution in [0.4, 0.5) is 0 Å². The van der Waals surface area contributed by atoms with Gasteiger partial charge in [0.1, 0.15) is 0 Å². The molecule has 0 radical (unpaired) electrons. The molecule has 5 heterocycles. The number of rotatable bonds is 8. The van der Waals surface area contributed by atoms with Crippen molar-refractivity contribution in [3.63, 3.8) is 0 Å². The summed E-state index contributed by atoms with van der Waals surface area (Å²) in [5.41, 5.74) is 9.34. The number of carbonyl (C=O) groups is 4. The zero-order chi connectivity index (χ0) is 41.7. The van der Waals surface area contributed by atoms with Crippen molar-refractivity contribution in [2.24, 2.45) is 0 Å². The first-order valence-electron chi connectivity index (χ1n) is 18.5. The SMILES string of the molecule is O=C(O)c1ccc(-c2c(-c3ccc(C(=O)O)cc3)c3c(-c4ccc(C(=O)O)cc4)c4nc(cc5ccc(cc6nc(cc2n3-c2ccc(C(=O)O)cc2)C=C6)[nH]5)C=C4)cc1.[Fe]. The second kappa shape index (κ2) is 15.9. The van der Waals surface area contributed by atoms with Crippen LogP contribution in [0.25, 0.3) is 85.4 Å². The van der Waals surface area contributed by atoms with Gasteiger partial charge in [-0.25, -0.2) is 29.1 Å². The van der Waals surface area contributed by atoms with E-state index in [1.165, 1.54) is 48.5 Å². The summed E-state index contributed by atoms with van der Waals surface area (Å²) in [5.74, 6) is -4.45. The van der Waals surface area contributed by atoms with Gasteiger partial charge in [0.2, 0.25) is 0 Å². The molecule has 12 nitrogen and oxygen atoms in total. The first kappa shape index (κ1) is 39.7. The van der Waals surface area contributed by atoms with E-state index in [0.29, 0.717) is 72.9 Å². The van der Waals surface area contributed by atoms with Crippen molar-refractivity contribution in [3.05, 3.63) is 172 Å². The number of hydrogen-bond acceptors (Lipinski definition) is 6. The summed E-state index contributed by atoms with van der Waals surface area (Å²) < 4.78 is 1.95. The molecule has 2 aliphatic rings. The molecule has 5 N–H and O–H groups in total. The van der Waals surface area contributed by atoms with Crippen LogP contribution < -0.4 is 0 Å². The van der Waals surface area contributed by atoms with Crippen molar-refractivity contribution >= 4 is 70.2 Å². The van der Waals surface area contributed by atoms with Crippen molar-refractivity contribution in [1.29, 1.82) is 0 Å². The molecular formula is C48H30FeN4O8. The Labute approximate surface area is 356 Å². The normalized spacial score (nSPS) is 11.5. The molecule has 0 aliphatic carbocycles. The summed E-state index contributed by atoms with van der Waals surface area (Å²) in [6.45, 7) is 0. The average molecular weight is 847 g/mol. The van der Waals surface area contributed by atoms with Gasteiger partial charge < -0.3 is 30.0 Å². The Kier molecular flexibility index (Phi) is 10.4. The summed E-state index contributed by atoms with van der Waals surface area (Å²) in [6.07, 6.45) is 7.46. The number of benzene rings is 4. The van der Waals surface area contributed by atoms with Crippen molar-refractivity contribution in [2.75, 3.05) is 0 Å². The first-order valence-corrected chi connectivity index (χ1v) is 18.5. The standard InChI is InChI=1S/C48H30N4O8.Fe/c53-45(54)29-7-1-26(2-8-29)41-39-22-19-36(51-39)24-35-16-15-33(49-35)23-34-17-18-37(50-34)25-40-42(27-3-9-30(10-4-27)46(55)56)43(28-5-11-31(12-6-28)47(57)58)44(41)52(40)38-20-13-32(14-21-38)48(59)60;/h1-25,49H,(H,53,54)(H,55,56)(H,57,58)(H,59,60);. The summed E-state index contributed by atoms with van der Waals surface area (Å²) in [5, 5.41) is 39.6. The van der Waals surface area contributed by atoms with Gasteiger partial charge in [0.15, 0.2) is 0 Å². The van der Waals surface area contributed by atoms with E-state index in [1.807, 2.05) is 59.2 Å². The van der Waals surface area contributed by atoms with Gasteiger partial charge in [0.05, 0.1) is 56.1 Å². The molecule has 9 rings (SSSR count). The van der Waals surface area contributed by atoms with Gasteiger partial charge >= 0.3 is 23.9 Å². The number of hydrogen-bond donors (Lipinski definition) is 5. The smallest absolute Gasteiger partial charge is 0.335 e. The van der Waals surface area contributed by atoms with Gasteiger partial charge in [0, 0.05) is 50.5 Å². The van der Waals surface area contributed by atoms with E-state index >= 15 is 0 Å². The molecule has 7 aromatic rings. The summed E-state index contributed by atoms with van der Waals surface area (Å²) >= 11 is 0. The molecule has 8 bridgehead atoms. The molecule has 13 heteroatoms. The molecule has 0 fully saturated rings. The van der Waals surface area contributed by atoms with E-state index < -0.39 is 23.9 Å². The monoisotopic (exact) mass is 846 g/mol. The van der Waals surface area contributed by atoms with Crippen LogP contribution in [-0.2, 0) is 17.1 Å². The summed E-state index contributed by atoms with van der Waals surface area (Å²) in [4.78, 5) is 61.9. The Morgan fingerprint density at radius 2 is 0.836 bits per heavy atom. The zero-order valence-electron chi connectivity index (χ0n) is 31.6. The van der Waals surface area contributed by atoms with Gasteiger partial charge in [-0.3, -0.25) is 0 Å². The number of nitrogens with zero attached hydrogens (tertiary/aromatic N) is 3. The van der Waals surface area contributed by atoms with Gasteiger partial charge in [0.25, 0.3) is 0 Å². The fourth-order valence-corrected chi connectivity index (χ4v) is 7.51. The molecule has 0 unspecified atom stereocenters. The number of carboxylic acid groups (broad SMARTS) is 4. The Balaban J connectivity index is 0.00000514. The fraction of sp³-hybridized carbons (Fsp3) is 0. The van der Waals surface area contributed by atoms with Crippen LogP contribution in [0.1, 0.15) is 64.2 Å². The molecule has 4 aromatic carbocycles. The van der Waals surface area contributed by atoms with E-state index in [9.17, 15) is 39.6 Å². The molecule has 0 saturated carbocycles. The van der Waals surface area contributed by atoms with E-state index in [4.69, 9.17) is 9.97 Å². The average Bonchev–Trinajstić information content (AvgIpc) is 4.06. The second-order valence-electron chi connectivity index (χ2n) is 14.0. The van der Waals surface area contributed by atoms with E-state index in [-0.39, 0.29) is 39.3 Å². The molecule has 0 spiro atoms. The van der Waals surface area contributed by atoms with Crippen LogP contribution in [0.5, 0.6) is 0 Å². The van der Waals surface area contributed by atoms with Crippen LogP contribution in [0.15, 0.2) is 127 Å². The molecule has 3 aromatic heterocycles. The molecule has 0 saturated heterocycles. The maximum Gasteiger partial charge on any atom is 0.335 e. The Morgan fingerprint density at radius 3 is 1.31 bits per heavy atom. The first-order chi connectivity index (χ1) is 29.0. The van der Waals surface area contributed by atoms with Gasteiger partial charge in [-0.2, -0.15) is 0 Å². The van der Waals surface area contributed by atoms with Crippen LogP contribution in [-0.4, -0.2) is 63.8 Å². The third kappa shape index (κ3) is 7.54. The van der Waals surface area contributed by atoms with Crippen LogP contribution >= 0.6 is 0 Å². The number of aromatic amines is 1. The maximum atomic E-state index is 12.1. The zero-order valence-corrected chi connectivity index (χ0v) is 32.7. The number of H-pyrrole nitrogens is 1. The Bertz CT molecular complexity index is 3180. The number of fused-ring (bicyclic) bond motifs is 8.